The first-order valence-corrected chi connectivity index (χ1v) is 8.26. The molecule has 1 saturated heterocycles. The van der Waals surface area contributed by atoms with Gasteiger partial charge < -0.3 is 10.6 Å². The standard InChI is InChI=1S/C16H26BrN3/c1-4-14-11-20(8-7-19(14)3)16(10-18)13-5-6-15(17)12(2)9-13/h5-6,9,14,16H,4,7-8,10-11,18H2,1-3H3. The Morgan fingerprint density at radius 2 is 2.15 bits per heavy atom. The van der Waals surface area contributed by atoms with E-state index >= 15 is 0 Å². The zero-order chi connectivity index (χ0) is 14.7. The van der Waals surface area contributed by atoms with Gasteiger partial charge >= 0.3 is 0 Å². The van der Waals surface area contributed by atoms with E-state index in [2.05, 4.69) is 64.8 Å². The molecule has 2 unspecified atom stereocenters. The number of halogens is 1. The summed E-state index contributed by atoms with van der Waals surface area (Å²) in [6.45, 7) is 8.44. The summed E-state index contributed by atoms with van der Waals surface area (Å²) in [6, 6.07) is 7.59. The average Bonchev–Trinajstić information content (AvgIpc) is 2.45. The van der Waals surface area contributed by atoms with Crippen LogP contribution in [0, 0.1) is 6.92 Å². The van der Waals surface area contributed by atoms with Gasteiger partial charge in [0.15, 0.2) is 0 Å². The smallest absolute Gasteiger partial charge is 0.0471 e. The van der Waals surface area contributed by atoms with E-state index < -0.39 is 0 Å². The molecule has 0 spiro atoms. The van der Waals surface area contributed by atoms with Crippen molar-refractivity contribution >= 4 is 15.9 Å². The Hall–Kier alpha value is -0.420. The molecule has 1 fully saturated rings. The second-order valence-electron chi connectivity index (χ2n) is 5.80. The Labute approximate surface area is 131 Å². The van der Waals surface area contributed by atoms with Gasteiger partial charge in [0, 0.05) is 42.7 Å². The van der Waals surface area contributed by atoms with Crippen molar-refractivity contribution < 1.29 is 0 Å². The fourth-order valence-electron chi connectivity index (χ4n) is 3.07. The monoisotopic (exact) mass is 339 g/mol. The van der Waals surface area contributed by atoms with Crippen LogP contribution in [0.15, 0.2) is 22.7 Å². The molecular weight excluding hydrogens is 314 g/mol. The SMILES string of the molecule is CCC1CN(C(CN)c2ccc(Br)c(C)c2)CCN1C. The summed E-state index contributed by atoms with van der Waals surface area (Å²) in [5.41, 5.74) is 8.70. The largest absolute Gasteiger partial charge is 0.329 e. The fraction of sp³-hybridized carbons (Fsp3) is 0.625. The summed E-state index contributed by atoms with van der Waals surface area (Å²) in [5, 5.41) is 0. The van der Waals surface area contributed by atoms with Gasteiger partial charge in [-0.2, -0.15) is 0 Å². The first-order chi connectivity index (χ1) is 9.56. The van der Waals surface area contributed by atoms with E-state index in [1.54, 1.807) is 0 Å². The number of hydrogen-bond donors (Lipinski definition) is 1. The number of aryl methyl sites for hydroxylation is 1. The highest BCUT2D eigenvalue weighted by Gasteiger charge is 2.28. The Morgan fingerprint density at radius 3 is 2.75 bits per heavy atom. The molecule has 0 aromatic heterocycles. The maximum atomic E-state index is 6.08. The molecule has 1 aromatic rings. The van der Waals surface area contributed by atoms with E-state index in [4.69, 9.17) is 5.73 Å². The van der Waals surface area contributed by atoms with E-state index in [0.29, 0.717) is 18.6 Å². The van der Waals surface area contributed by atoms with E-state index in [1.807, 2.05) is 0 Å². The van der Waals surface area contributed by atoms with Crippen LogP contribution in [0.4, 0.5) is 0 Å². The summed E-state index contributed by atoms with van der Waals surface area (Å²) in [7, 11) is 2.23. The van der Waals surface area contributed by atoms with Crippen molar-refractivity contribution in [3.05, 3.63) is 33.8 Å². The minimum atomic E-state index is 0.338. The van der Waals surface area contributed by atoms with Crippen LogP contribution in [-0.4, -0.2) is 49.1 Å². The van der Waals surface area contributed by atoms with Gasteiger partial charge in [-0.25, -0.2) is 0 Å². The first kappa shape index (κ1) is 16.0. The van der Waals surface area contributed by atoms with Gasteiger partial charge in [0.2, 0.25) is 0 Å². The molecule has 2 rings (SSSR count). The molecule has 0 aliphatic carbocycles. The molecule has 3 nitrogen and oxygen atoms in total. The number of nitrogens with two attached hydrogens (primary N) is 1. The van der Waals surface area contributed by atoms with Gasteiger partial charge in [0.05, 0.1) is 0 Å². The van der Waals surface area contributed by atoms with Gasteiger partial charge in [-0.1, -0.05) is 35.0 Å². The molecular formula is C16H26BrN3. The van der Waals surface area contributed by atoms with Crippen molar-refractivity contribution in [3.63, 3.8) is 0 Å². The second-order valence-corrected chi connectivity index (χ2v) is 6.65. The molecule has 0 amide bonds. The molecule has 2 atom stereocenters. The van der Waals surface area contributed by atoms with Gasteiger partial charge in [-0.05, 0) is 37.6 Å². The quantitative estimate of drug-likeness (QED) is 0.915. The predicted molar refractivity (Wildman–Crippen MR) is 89.0 cm³/mol. The number of benzene rings is 1. The Bertz CT molecular complexity index is 449. The van der Waals surface area contributed by atoms with Crippen molar-refractivity contribution in [1.29, 1.82) is 0 Å². The number of piperazine rings is 1. The highest BCUT2D eigenvalue weighted by Crippen LogP contribution is 2.26. The third-order valence-electron chi connectivity index (χ3n) is 4.51. The number of likely N-dealkylation sites (N-methyl/N-ethyl adjacent to an activating group) is 1. The minimum Gasteiger partial charge on any atom is -0.329 e. The molecule has 1 aliphatic heterocycles. The average molecular weight is 340 g/mol. The van der Waals surface area contributed by atoms with Crippen molar-refractivity contribution in [2.24, 2.45) is 5.73 Å². The molecule has 2 N–H and O–H groups in total. The molecule has 20 heavy (non-hydrogen) atoms. The zero-order valence-corrected chi connectivity index (χ0v) is 14.4. The van der Waals surface area contributed by atoms with Crippen molar-refractivity contribution in [2.45, 2.75) is 32.4 Å². The molecule has 0 bridgehead atoms. The number of nitrogens with zero attached hydrogens (tertiary/aromatic N) is 2. The Balaban J connectivity index is 2.17. The summed E-state index contributed by atoms with van der Waals surface area (Å²) >= 11 is 3.57. The topological polar surface area (TPSA) is 32.5 Å². The fourth-order valence-corrected chi connectivity index (χ4v) is 3.31. The maximum Gasteiger partial charge on any atom is 0.0471 e. The van der Waals surface area contributed by atoms with Crippen molar-refractivity contribution in [1.82, 2.24) is 9.80 Å². The van der Waals surface area contributed by atoms with E-state index in [9.17, 15) is 0 Å². The number of rotatable bonds is 4. The van der Waals surface area contributed by atoms with Crippen LogP contribution in [-0.2, 0) is 0 Å². The van der Waals surface area contributed by atoms with Gasteiger partial charge in [0.25, 0.3) is 0 Å². The third kappa shape index (κ3) is 3.42. The number of hydrogen-bond acceptors (Lipinski definition) is 3. The van der Waals surface area contributed by atoms with Crippen LogP contribution in [0.5, 0.6) is 0 Å². The van der Waals surface area contributed by atoms with Crippen LogP contribution in [0.3, 0.4) is 0 Å². The van der Waals surface area contributed by atoms with E-state index in [1.165, 1.54) is 22.0 Å². The summed E-state index contributed by atoms with van der Waals surface area (Å²) in [5.74, 6) is 0. The lowest BCUT2D eigenvalue weighted by atomic mass is 10.0. The molecule has 1 aromatic carbocycles. The van der Waals surface area contributed by atoms with Gasteiger partial charge in [-0.3, -0.25) is 4.90 Å². The molecule has 0 saturated carbocycles. The lowest BCUT2D eigenvalue weighted by Gasteiger charge is -2.42. The molecule has 0 radical (unpaired) electrons. The summed E-state index contributed by atoms with van der Waals surface area (Å²) < 4.78 is 1.17. The van der Waals surface area contributed by atoms with Crippen LogP contribution in [0.1, 0.15) is 30.5 Å². The molecule has 1 heterocycles. The lowest BCUT2D eigenvalue weighted by molar-refractivity contribution is 0.0644. The van der Waals surface area contributed by atoms with Crippen molar-refractivity contribution in [3.8, 4) is 0 Å². The summed E-state index contributed by atoms with van der Waals surface area (Å²) in [6.07, 6.45) is 1.20. The Kier molecular flexibility index (Phi) is 5.61. The summed E-state index contributed by atoms with van der Waals surface area (Å²) in [4.78, 5) is 5.02. The lowest BCUT2D eigenvalue weighted by Crippen LogP contribution is -2.53. The zero-order valence-electron chi connectivity index (χ0n) is 12.8. The van der Waals surface area contributed by atoms with Crippen LogP contribution in [0.25, 0.3) is 0 Å². The Morgan fingerprint density at radius 1 is 1.40 bits per heavy atom. The van der Waals surface area contributed by atoms with Gasteiger partial charge in [-0.15, -0.1) is 0 Å². The van der Waals surface area contributed by atoms with E-state index in [0.717, 1.165) is 19.6 Å². The van der Waals surface area contributed by atoms with Crippen LogP contribution < -0.4 is 5.73 Å². The minimum absolute atomic E-state index is 0.338. The predicted octanol–water partition coefficient (Wildman–Crippen LogP) is 2.78. The third-order valence-corrected chi connectivity index (χ3v) is 5.40. The molecule has 1 aliphatic rings. The second kappa shape index (κ2) is 7.03. The van der Waals surface area contributed by atoms with Crippen LogP contribution in [0.2, 0.25) is 0 Å². The molecule has 4 heteroatoms. The first-order valence-electron chi connectivity index (χ1n) is 7.47. The normalized spacial score (nSPS) is 22.9. The van der Waals surface area contributed by atoms with Crippen molar-refractivity contribution in [2.75, 3.05) is 33.2 Å². The van der Waals surface area contributed by atoms with Crippen LogP contribution >= 0.6 is 15.9 Å². The molecule has 112 valence electrons. The van der Waals surface area contributed by atoms with Gasteiger partial charge in [0.1, 0.15) is 0 Å². The highest BCUT2D eigenvalue weighted by atomic mass is 79.9. The van der Waals surface area contributed by atoms with E-state index in [-0.39, 0.29) is 0 Å². The maximum absolute atomic E-state index is 6.08. The highest BCUT2D eigenvalue weighted by molar-refractivity contribution is 9.10.